The Morgan fingerprint density at radius 2 is 1.73 bits per heavy atom. The van der Waals surface area contributed by atoms with Crippen LogP contribution in [-0.4, -0.2) is 50.2 Å². The van der Waals surface area contributed by atoms with E-state index in [0.717, 1.165) is 61.8 Å². The van der Waals surface area contributed by atoms with Gasteiger partial charge in [-0.3, -0.25) is 4.90 Å². The molecule has 0 amide bonds. The van der Waals surface area contributed by atoms with Gasteiger partial charge < -0.3 is 14.4 Å². The summed E-state index contributed by atoms with van der Waals surface area (Å²) in [5.74, 6) is 0.862. The monoisotopic (exact) mass is 572 g/mol. The largest absolute Gasteiger partial charge is 0.462 e. The zero-order valence-electron chi connectivity index (χ0n) is 24.7. The summed E-state index contributed by atoms with van der Waals surface area (Å²) in [6, 6.07) is 22.0. The van der Waals surface area contributed by atoms with Crippen molar-refractivity contribution in [1.82, 2.24) is 4.90 Å². The van der Waals surface area contributed by atoms with Gasteiger partial charge in [0.25, 0.3) is 0 Å². The molecule has 0 spiro atoms. The molecular weight excluding hydrogens is 532 g/mol. The lowest BCUT2D eigenvalue weighted by Gasteiger charge is -2.39. The Morgan fingerprint density at radius 1 is 0.976 bits per heavy atom. The van der Waals surface area contributed by atoms with Crippen molar-refractivity contribution in [1.29, 1.82) is 0 Å². The molecule has 0 atom stereocenters. The number of ether oxygens (including phenoxy) is 2. The molecule has 2 aliphatic rings. The maximum Gasteiger partial charge on any atom is 0.341 e. The van der Waals surface area contributed by atoms with Gasteiger partial charge in [0.15, 0.2) is 0 Å². The van der Waals surface area contributed by atoms with Crippen molar-refractivity contribution in [2.45, 2.75) is 47.0 Å². The number of benzene rings is 3. The first-order chi connectivity index (χ1) is 19.7. The van der Waals surface area contributed by atoms with Gasteiger partial charge in [-0.25, -0.2) is 4.79 Å². The van der Waals surface area contributed by atoms with Crippen LogP contribution in [-0.2, 0) is 4.74 Å². The lowest BCUT2D eigenvalue weighted by atomic mass is 9.72. The quantitative estimate of drug-likeness (QED) is 0.253. The van der Waals surface area contributed by atoms with Crippen LogP contribution in [0.2, 0.25) is 5.02 Å². The van der Waals surface area contributed by atoms with Crippen LogP contribution in [0.25, 0.3) is 5.57 Å². The molecule has 216 valence electrons. The summed E-state index contributed by atoms with van der Waals surface area (Å²) < 4.78 is 11.5. The van der Waals surface area contributed by atoms with Crippen LogP contribution in [0.15, 0.2) is 72.3 Å². The van der Waals surface area contributed by atoms with Crippen molar-refractivity contribution in [3.63, 3.8) is 0 Å². The highest BCUT2D eigenvalue weighted by molar-refractivity contribution is 6.30. The molecule has 0 aromatic heterocycles. The number of hydrogen-bond acceptors (Lipinski definition) is 5. The van der Waals surface area contributed by atoms with Crippen molar-refractivity contribution < 1.29 is 14.3 Å². The smallest absolute Gasteiger partial charge is 0.341 e. The number of hydrogen-bond donors (Lipinski definition) is 0. The Bertz CT molecular complexity index is 1410. The van der Waals surface area contributed by atoms with E-state index in [1.54, 1.807) is 5.57 Å². The van der Waals surface area contributed by atoms with Crippen LogP contribution >= 0.6 is 11.6 Å². The molecule has 0 N–H and O–H groups in total. The van der Waals surface area contributed by atoms with E-state index in [0.29, 0.717) is 29.1 Å². The predicted molar refractivity (Wildman–Crippen MR) is 168 cm³/mol. The molecule has 5 nitrogen and oxygen atoms in total. The van der Waals surface area contributed by atoms with Crippen molar-refractivity contribution in [3.05, 3.63) is 94.0 Å². The number of halogens is 1. The number of aryl methyl sites for hydroxylation is 1. The number of anilines is 1. The number of piperazine rings is 1. The highest BCUT2D eigenvalue weighted by Crippen LogP contribution is 2.43. The third-order valence-corrected chi connectivity index (χ3v) is 8.46. The summed E-state index contributed by atoms with van der Waals surface area (Å²) in [5.41, 5.74) is 7.27. The maximum atomic E-state index is 12.7. The second-order valence-electron chi connectivity index (χ2n) is 12.0. The van der Waals surface area contributed by atoms with Crippen molar-refractivity contribution >= 4 is 28.8 Å². The van der Waals surface area contributed by atoms with Crippen LogP contribution in [0.1, 0.15) is 61.5 Å². The second-order valence-corrected chi connectivity index (χ2v) is 12.4. The summed E-state index contributed by atoms with van der Waals surface area (Å²) in [4.78, 5) is 17.7. The minimum atomic E-state index is -0.369. The maximum absolute atomic E-state index is 12.7. The van der Waals surface area contributed by atoms with Gasteiger partial charge in [0.1, 0.15) is 17.1 Å². The van der Waals surface area contributed by atoms with Crippen LogP contribution in [0.5, 0.6) is 11.5 Å². The lowest BCUT2D eigenvalue weighted by Crippen LogP contribution is -2.47. The first-order valence-corrected chi connectivity index (χ1v) is 15.1. The molecule has 41 heavy (non-hydrogen) atoms. The molecule has 0 radical (unpaired) electrons. The van der Waals surface area contributed by atoms with Gasteiger partial charge in [-0.2, -0.15) is 0 Å². The Hall–Kier alpha value is -3.28. The van der Waals surface area contributed by atoms with E-state index >= 15 is 0 Å². The predicted octanol–water partition coefficient (Wildman–Crippen LogP) is 8.40. The summed E-state index contributed by atoms with van der Waals surface area (Å²) >= 11 is 6.20. The van der Waals surface area contributed by atoms with Gasteiger partial charge in [0.05, 0.1) is 6.61 Å². The zero-order chi connectivity index (χ0) is 29.0. The molecule has 0 unspecified atom stereocenters. The van der Waals surface area contributed by atoms with Gasteiger partial charge in [-0.1, -0.05) is 55.3 Å². The molecule has 0 saturated carbocycles. The highest BCUT2D eigenvalue weighted by atomic mass is 35.5. The minimum absolute atomic E-state index is 0.311. The minimum Gasteiger partial charge on any atom is -0.462 e. The Labute approximate surface area is 249 Å². The Balaban J connectivity index is 1.31. The Kier molecular flexibility index (Phi) is 9.06. The fourth-order valence-electron chi connectivity index (χ4n) is 5.87. The molecule has 1 saturated heterocycles. The summed E-state index contributed by atoms with van der Waals surface area (Å²) in [7, 11) is 0. The average molecular weight is 573 g/mol. The van der Waals surface area contributed by atoms with Crippen molar-refractivity contribution in [2.75, 3.05) is 44.2 Å². The van der Waals surface area contributed by atoms with Crippen molar-refractivity contribution in [2.24, 2.45) is 5.41 Å². The highest BCUT2D eigenvalue weighted by Gasteiger charge is 2.29. The van der Waals surface area contributed by atoms with Crippen LogP contribution in [0, 0.1) is 12.3 Å². The number of allylic oxidation sites excluding steroid dienone is 1. The Morgan fingerprint density at radius 3 is 2.44 bits per heavy atom. The van der Waals surface area contributed by atoms with Crippen LogP contribution < -0.4 is 9.64 Å². The van der Waals surface area contributed by atoms with E-state index in [4.69, 9.17) is 21.1 Å². The standard InChI is InChI=1S/C35H41ClN2O3/c1-5-40-34(39)31-14-13-29(22-33(31)41-30-8-6-7-25(2)21-30)38-19-17-37(18-20-38)24-27-15-16-35(3,4)23-32(27)26-9-11-28(36)12-10-26/h6-14,21-22H,5,15-20,23-24H2,1-4H3. The van der Waals surface area contributed by atoms with E-state index in [-0.39, 0.29) is 5.97 Å². The number of carbonyl (C=O) groups excluding carboxylic acids is 1. The zero-order valence-corrected chi connectivity index (χ0v) is 25.5. The van der Waals surface area contributed by atoms with E-state index in [2.05, 4.69) is 35.8 Å². The summed E-state index contributed by atoms with van der Waals surface area (Å²) in [6.45, 7) is 13.7. The fourth-order valence-corrected chi connectivity index (χ4v) is 6.00. The molecule has 1 aliphatic heterocycles. The van der Waals surface area contributed by atoms with E-state index in [9.17, 15) is 4.79 Å². The van der Waals surface area contributed by atoms with Gasteiger partial charge in [0, 0.05) is 49.5 Å². The number of esters is 1. The molecular formula is C35H41ClN2O3. The van der Waals surface area contributed by atoms with Crippen molar-refractivity contribution in [3.8, 4) is 11.5 Å². The van der Waals surface area contributed by atoms with Gasteiger partial charge in [-0.05, 0) is 91.6 Å². The summed E-state index contributed by atoms with van der Waals surface area (Å²) in [5, 5.41) is 0.782. The third kappa shape index (κ3) is 7.33. The average Bonchev–Trinajstić information content (AvgIpc) is 2.95. The van der Waals surface area contributed by atoms with E-state index in [1.807, 2.05) is 68.4 Å². The SMILES string of the molecule is CCOC(=O)c1ccc(N2CCN(CC3=C(c4ccc(Cl)cc4)CC(C)(C)CC3)CC2)cc1Oc1cccc(C)c1. The van der Waals surface area contributed by atoms with Gasteiger partial charge in [0.2, 0.25) is 0 Å². The first-order valence-electron chi connectivity index (χ1n) is 14.7. The molecule has 5 rings (SSSR count). The normalized spacial score (nSPS) is 17.4. The molecule has 1 aliphatic carbocycles. The van der Waals surface area contributed by atoms with Crippen LogP contribution in [0.4, 0.5) is 5.69 Å². The molecule has 1 heterocycles. The first kappa shape index (κ1) is 29.2. The van der Waals surface area contributed by atoms with Gasteiger partial charge >= 0.3 is 5.97 Å². The van der Waals surface area contributed by atoms with Gasteiger partial charge in [-0.15, -0.1) is 0 Å². The molecule has 0 bridgehead atoms. The number of carbonyl (C=O) groups is 1. The van der Waals surface area contributed by atoms with E-state index in [1.165, 1.54) is 17.6 Å². The van der Waals surface area contributed by atoms with Crippen LogP contribution in [0.3, 0.4) is 0 Å². The molecule has 3 aromatic rings. The molecule has 3 aromatic carbocycles. The molecule has 6 heteroatoms. The fraction of sp³-hybridized carbons (Fsp3) is 0.400. The number of nitrogens with zero attached hydrogens (tertiary/aromatic N) is 2. The topological polar surface area (TPSA) is 42.0 Å². The molecule has 1 fully saturated rings. The number of rotatable bonds is 8. The van der Waals surface area contributed by atoms with E-state index < -0.39 is 0 Å². The third-order valence-electron chi connectivity index (χ3n) is 8.21. The lowest BCUT2D eigenvalue weighted by molar-refractivity contribution is 0.0523. The summed E-state index contributed by atoms with van der Waals surface area (Å²) in [6.07, 6.45) is 3.45. The second kappa shape index (κ2) is 12.7.